The summed E-state index contributed by atoms with van der Waals surface area (Å²) in [5.74, 6) is -0.0921. The fourth-order valence-electron chi connectivity index (χ4n) is 1.93. The third-order valence-corrected chi connectivity index (χ3v) is 3.21. The van der Waals surface area contributed by atoms with Crippen molar-refractivity contribution in [3.63, 3.8) is 0 Å². The first kappa shape index (κ1) is 16.8. The summed E-state index contributed by atoms with van der Waals surface area (Å²) in [6.45, 7) is 0. The van der Waals surface area contributed by atoms with Gasteiger partial charge in [0.25, 0.3) is 11.8 Å². The summed E-state index contributed by atoms with van der Waals surface area (Å²) in [4.78, 5) is 24.0. The van der Waals surface area contributed by atoms with Crippen LogP contribution in [0, 0.1) is 11.3 Å². The van der Waals surface area contributed by atoms with Crippen molar-refractivity contribution in [3.05, 3.63) is 59.2 Å². The second-order valence-corrected chi connectivity index (χ2v) is 4.67. The van der Waals surface area contributed by atoms with Crippen LogP contribution in [0.4, 0.5) is 0 Å². The number of nitrogens with zero attached hydrogens (tertiary/aromatic N) is 1. The zero-order valence-electron chi connectivity index (χ0n) is 13.1. The van der Waals surface area contributed by atoms with E-state index in [0.29, 0.717) is 28.2 Å². The highest BCUT2D eigenvalue weighted by Crippen LogP contribution is 2.27. The van der Waals surface area contributed by atoms with E-state index >= 15 is 0 Å². The lowest BCUT2D eigenvalue weighted by molar-refractivity contribution is 0.0846. The van der Waals surface area contributed by atoms with Crippen LogP contribution >= 0.6 is 0 Å². The number of carbonyl (C=O) groups is 2. The number of nitrogens with one attached hydrogen (secondary N) is 2. The summed E-state index contributed by atoms with van der Waals surface area (Å²) in [5, 5.41) is 8.72. The predicted molar refractivity (Wildman–Crippen MR) is 85.6 cm³/mol. The molecule has 0 heterocycles. The average Bonchev–Trinajstić information content (AvgIpc) is 2.65. The lowest BCUT2D eigenvalue weighted by atomic mass is 10.1. The molecule has 0 bridgehead atoms. The Kier molecular flexibility index (Phi) is 5.36. The Labute approximate surface area is 138 Å². The molecule has 0 aliphatic rings. The van der Waals surface area contributed by atoms with Crippen LogP contribution in [0.1, 0.15) is 26.3 Å². The highest BCUT2D eigenvalue weighted by atomic mass is 16.5. The van der Waals surface area contributed by atoms with Crippen LogP contribution in [0.5, 0.6) is 11.5 Å². The van der Waals surface area contributed by atoms with Gasteiger partial charge in [-0.1, -0.05) is 0 Å². The smallest absolute Gasteiger partial charge is 0.269 e. The molecule has 0 unspecified atom stereocenters. The van der Waals surface area contributed by atoms with Gasteiger partial charge in [0.2, 0.25) is 0 Å². The lowest BCUT2D eigenvalue weighted by Gasteiger charge is -2.10. The van der Waals surface area contributed by atoms with Crippen molar-refractivity contribution in [1.82, 2.24) is 10.9 Å². The van der Waals surface area contributed by atoms with Gasteiger partial charge in [-0.2, -0.15) is 5.26 Å². The zero-order chi connectivity index (χ0) is 17.5. The Balaban J connectivity index is 2.02. The molecule has 0 radical (unpaired) electrons. The van der Waals surface area contributed by atoms with Gasteiger partial charge in [-0.05, 0) is 42.5 Å². The Morgan fingerprint density at radius 3 is 1.96 bits per heavy atom. The Hall–Kier alpha value is -3.53. The molecule has 0 saturated heterocycles. The van der Waals surface area contributed by atoms with Crippen molar-refractivity contribution in [3.8, 4) is 17.6 Å². The van der Waals surface area contributed by atoms with Crippen LogP contribution < -0.4 is 20.3 Å². The first-order chi connectivity index (χ1) is 11.6. The first-order valence-electron chi connectivity index (χ1n) is 6.92. The van der Waals surface area contributed by atoms with Gasteiger partial charge in [-0.25, -0.2) is 0 Å². The number of rotatable bonds is 4. The van der Waals surface area contributed by atoms with E-state index in [1.807, 2.05) is 6.07 Å². The molecule has 7 heteroatoms. The standard InChI is InChI=1S/C17H15N3O4/c1-23-14-8-7-13(9-15(14)24-2)17(22)20-19-16(21)12-5-3-11(10-18)4-6-12/h3-9H,1-2H3,(H,19,21)(H,20,22). The van der Waals surface area contributed by atoms with Crippen molar-refractivity contribution in [2.24, 2.45) is 0 Å². The molecule has 0 aliphatic heterocycles. The quantitative estimate of drug-likeness (QED) is 0.833. The van der Waals surface area contributed by atoms with Crippen molar-refractivity contribution < 1.29 is 19.1 Å². The Bertz CT molecular complexity index is 794. The van der Waals surface area contributed by atoms with Gasteiger partial charge >= 0.3 is 0 Å². The van der Waals surface area contributed by atoms with E-state index in [1.54, 1.807) is 12.1 Å². The third-order valence-electron chi connectivity index (χ3n) is 3.21. The van der Waals surface area contributed by atoms with Crippen LogP contribution in [0.3, 0.4) is 0 Å². The van der Waals surface area contributed by atoms with Crippen molar-refractivity contribution in [2.75, 3.05) is 14.2 Å². The molecule has 2 rings (SSSR count). The molecule has 0 aliphatic carbocycles. The van der Waals surface area contributed by atoms with E-state index in [1.165, 1.54) is 44.6 Å². The number of carbonyl (C=O) groups excluding carboxylic acids is 2. The minimum atomic E-state index is -0.502. The van der Waals surface area contributed by atoms with Crippen molar-refractivity contribution in [1.29, 1.82) is 5.26 Å². The molecule has 0 saturated carbocycles. The molecular weight excluding hydrogens is 310 g/mol. The van der Waals surface area contributed by atoms with Gasteiger partial charge < -0.3 is 9.47 Å². The zero-order valence-corrected chi connectivity index (χ0v) is 13.1. The largest absolute Gasteiger partial charge is 0.493 e. The first-order valence-corrected chi connectivity index (χ1v) is 6.92. The molecule has 24 heavy (non-hydrogen) atoms. The van der Waals surface area contributed by atoms with E-state index in [0.717, 1.165) is 0 Å². The maximum Gasteiger partial charge on any atom is 0.269 e. The molecule has 2 aromatic rings. The van der Waals surface area contributed by atoms with Crippen LogP contribution in [0.15, 0.2) is 42.5 Å². The summed E-state index contributed by atoms with van der Waals surface area (Å²) in [5.41, 5.74) is 5.69. The monoisotopic (exact) mass is 325 g/mol. The van der Waals surface area contributed by atoms with E-state index in [-0.39, 0.29) is 0 Å². The molecule has 2 amide bonds. The molecular formula is C17H15N3O4. The maximum atomic E-state index is 12.1. The second-order valence-electron chi connectivity index (χ2n) is 4.67. The van der Waals surface area contributed by atoms with Gasteiger partial charge in [0.05, 0.1) is 25.9 Å². The molecule has 0 aromatic heterocycles. The number of ether oxygens (including phenoxy) is 2. The van der Waals surface area contributed by atoms with Gasteiger partial charge in [0, 0.05) is 11.1 Å². The van der Waals surface area contributed by atoms with Crippen LogP contribution in [0.2, 0.25) is 0 Å². The average molecular weight is 325 g/mol. The number of nitriles is 1. The topological polar surface area (TPSA) is 100 Å². The van der Waals surface area contributed by atoms with Crippen molar-refractivity contribution >= 4 is 11.8 Å². The molecule has 7 nitrogen and oxygen atoms in total. The SMILES string of the molecule is COc1ccc(C(=O)NNC(=O)c2ccc(C#N)cc2)cc1OC. The number of hydrazine groups is 1. The summed E-state index contributed by atoms with van der Waals surface area (Å²) >= 11 is 0. The minimum Gasteiger partial charge on any atom is -0.493 e. The Morgan fingerprint density at radius 1 is 0.875 bits per heavy atom. The van der Waals surface area contributed by atoms with Crippen molar-refractivity contribution in [2.45, 2.75) is 0 Å². The number of hydrogen-bond acceptors (Lipinski definition) is 5. The van der Waals surface area contributed by atoms with Gasteiger partial charge in [0.1, 0.15) is 0 Å². The highest BCUT2D eigenvalue weighted by molar-refractivity contribution is 5.99. The van der Waals surface area contributed by atoms with Crippen LogP contribution in [-0.2, 0) is 0 Å². The number of hydrogen-bond donors (Lipinski definition) is 2. The van der Waals surface area contributed by atoms with E-state index in [4.69, 9.17) is 14.7 Å². The summed E-state index contributed by atoms with van der Waals surface area (Å²) in [6, 6.07) is 12.6. The molecule has 122 valence electrons. The predicted octanol–water partition coefficient (Wildman–Crippen LogP) is 1.65. The van der Waals surface area contributed by atoms with Gasteiger partial charge in [-0.3, -0.25) is 20.4 Å². The normalized spacial score (nSPS) is 9.54. The van der Waals surface area contributed by atoms with E-state index < -0.39 is 11.8 Å². The summed E-state index contributed by atoms with van der Waals surface area (Å²) < 4.78 is 10.2. The van der Waals surface area contributed by atoms with Gasteiger partial charge in [-0.15, -0.1) is 0 Å². The highest BCUT2D eigenvalue weighted by Gasteiger charge is 2.12. The summed E-state index contributed by atoms with van der Waals surface area (Å²) in [6.07, 6.45) is 0. The van der Waals surface area contributed by atoms with Gasteiger partial charge in [0.15, 0.2) is 11.5 Å². The lowest BCUT2D eigenvalue weighted by Crippen LogP contribution is -2.41. The van der Waals surface area contributed by atoms with Crippen LogP contribution in [0.25, 0.3) is 0 Å². The molecule has 0 spiro atoms. The molecule has 2 N–H and O–H groups in total. The number of amides is 2. The number of benzene rings is 2. The Morgan fingerprint density at radius 2 is 1.42 bits per heavy atom. The number of methoxy groups -OCH3 is 2. The van der Waals surface area contributed by atoms with Crippen LogP contribution in [-0.4, -0.2) is 26.0 Å². The second kappa shape index (κ2) is 7.65. The fraction of sp³-hybridized carbons (Fsp3) is 0.118. The van der Waals surface area contributed by atoms with E-state index in [2.05, 4.69) is 10.9 Å². The molecule has 0 atom stereocenters. The summed E-state index contributed by atoms with van der Waals surface area (Å²) in [7, 11) is 2.96. The third kappa shape index (κ3) is 3.81. The van der Waals surface area contributed by atoms with E-state index in [9.17, 15) is 9.59 Å². The maximum absolute atomic E-state index is 12.1. The molecule has 0 fully saturated rings. The minimum absolute atomic E-state index is 0.299. The fourth-order valence-corrected chi connectivity index (χ4v) is 1.93. The molecule has 2 aromatic carbocycles.